The summed E-state index contributed by atoms with van der Waals surface area (Å²) in [5.41, 5.74) is 0. The van der Waals surface area contributed by atoms with Crippen LogP contribution in [0.2, 0.25) is 0 Å². The lowest BCUT2D eigenvalue weighted by molar-refractivity contribution is 0.0202. The van der Waals surface area contributed by atoms with Gasteiger partial charge in [-0.05, 0) is 31.1 Å². The lowest BCUT2D eigenvalue weighted by Crippen LogP contribution is -2.62. The third-order valence-electron chi connectivity index (χ3n) is 5.48. The Labute approximate surface area is 112 Å². The fraction of sp³-hybridized carbons (Fsp3) is 1.00. The van der Waals surface area contributed by atoms with Crippen LogP contribution in [0.5, 0.6) is 0 Å². The maximum Gasteiger partial charge on any atom is 0.0346 e. The van der Waals surface area contributed by atoms with Gasteiger partial charge in [-0.3, -0.25) is 9.80 Å². The molecule has 3 fully saturated rings. The van der Waals surface area contributed by atoms with Gasteiger partial charge in [0, 0.05) is 51.4 Å². The van der Waals surface area contributed by atoms with Gasteiger partial charge in [-0.2, -0.15) is 0 Å². The van der Waals surface area contributed by atoms with Gasteiger partial charge in [-0.1, -0.05) is 13.8 Å². The first-order valence-electron chi connectivity index (χ1n) is 7.93. The van der Waals surface area contributed by atoms with Gasteiger partial charge >= 0.3 is 0 Å². The molecule has 0 bridgehead atoms. The number of nitrogens with zero attached hydrogens (tertiary/aromatic N) is 2. The van der Waals surface area contributed by atoms with Crippen molar-refractivity contribution in [1.29, 1.82) is 0 Å². The Morgan fingerprint density at radius 1 is 0.889 bits per heavy atom. The summed E-state index contributed by atoms with van der Waals surface area (Å²) in [5.74, 6) is 1.87. The number of hydrogen-bond acceptors (Lipinski definition) is 3. The third kappa shape index (κ3) is 2.59. The molecule has 0 amide bonds. The minimum atomic E-state index is 0.843. The van der Waals surface area contributed by atoms with Crippen LogP contribution in [0.3, 0.4) is 0 Å². The van der Waals surface area contributed by atoms with Crippen LogP contribution in [0, 0.1) is 11.8 Å². The van der Waals surface area contributed by atoms with Crippen LogP contribution in [0.25, 0.3) is 0 Å². The molecule has 3 rings (SSSR count). The van der Waals surface area contributed by atoms with Crippen LogP contribution in [-0.4, -0.2) is 61.2 Å². The van der Waals surface area contributed by atoms with Crippen molar-refractivity contribution >= 4 is 0 Å². The molecule has 104 valence electrons. The number of piperazine rings is 1. The molecule has 3 nitrogen and oxygen atoms in total. The van der Waals surface area contributed by atoms with Crippen LogP contribution in [0.4, 0.5) is 0 Å². The molecule has 0 aromatic heterocycles. The molecule has 2 saturated heterocycles. The second-order valence-corrected chi connectivity index (χ2v) is 6.85. The van der Waals surface area contributed by atoms with E-state index in [0.29, 0.717) is 0 Å². The molecule has 0 radical (unpaired) electrons. The summed E-state index contributed by atoms with van der Waals surface area (Å²) in [5, 5.41) is 3.39. The van der Waals surface area contributed by atoms with Gasteiger partial charge in [-0.25, -0.2) is 0 Å². The van der Waals surface area contributed by atoms with Crippen LogP contribution in [0.1, 0.15) is 33.1 Å². The van der Waals surface area contributed by atoms with Gasteiger partial charge in [0.05, 0.1) is 0 Å². The standard InChI is InChI=1S/C15H29N3/c1-12-3-4-15(13(2)9-12)18-7-5-17(6-8-18)14-10-16-11-14/h12-16H,3-11H2,1-2H3. The van der Waals surface area contributed by atoms with Crippen LogP contribution in [-0.2, 0) is 0 Å². The summed E-state index contributed by atoms with van der Waals surface area (Å²) in [4.78, 5) is 5.49. The molecule has 3 unspecified atom stereocenters. The highest BCUT2D eigenvalue weighted by Gasteiger charge is 2.34. The molecular formula is C15H29N3. The number of hydrogen-bond donors (Lipinski definition) is 1. The zero-order chi connectivity index (χ0) is 12.5. The van der Waals surface area contributed by atoms with Crippen molar-refractivity contribution < 1.29 is 0 Å². The second-order valence-electron chi connectivity index (χ2n) is 6.85. The quantitative estimate of drug-likeness (QED) is 0.800. The van der Waals surface area contributed by atoms with E-state index >= 15 is 0 Å². The van der Waals surface area contributed by atoms with Crippen molar-refractivity contribution in [3.63, 3.8) is 0 Å². The van der Waals surface area contributed by atoms with Crippen LogP contribution >= 0.6 is 0 Å². The lowest BCUT2D eigenvalue weighted by Gasteiger charge is -2.47. The predicted octanol–water partition coefficient (Wildman–Crippen LogP) is 1.40. The molecule has 1 aliphatic carbocycles. The molecule has 0 aromatic rings. The zero-order valence-corrected chi connectivity index (χ0v) is 12.1. The highest BCUT2D eigenvalue weighted by molar-refractivity contribution is 4.90. The minimum Gasteiger partial charge on any atom is -0.314 e. The molecule has 0 spiro atoms. The van der Waals surface area contributed by atoms with E-state index in [9.17, 15) is 0 Å². The summed E-state index contributed by atoms with van der Waals surface area (Å²) >= 11 is 0. The molecule has 0 aromatic carbocycles. The SMILES string of the molecule is CC1CCC(N2CCN(C3CNC3)CC2)C(C)C1. The highest BCUT2D eigenvalue weighted by atomic mass is 15.3. The average molecular weight is 251 g/mol. The van der Waals surface area contributed by atoms with E-state index in [4.69, 9.17) is 0 Å². The fourth-order valence-electron chi connectivity index (χ4n) is 4.16. The Kier molecular flexibility index (Phi) is 3.92. The van der Waals surface area contributed by atoms with Crippen molar-refractivity contribution in [2.24, 2.45) is 11.8 Å². The Morgan fingerprint density at radius 3 is 2.11 bits per heavy atom. The second kappa shape index (κ2) is 5.48. The van der Waals surface area contributed by atoms with E-state index in [-0.39, 0.29) is 0 Å². The van der Waals surface area contributed by atoms with Crippen LogP contribution in [0.15, 0.2) is 0 Å². The topological polar surface area (TPSA) is 18.5 Å². The minimum absolute atomic E-state index is 0.843. The van der Waals surface area contributed by atoms with E-state index in [2.05, 4.69) is 29.0 Å². The Hall–Kier alpha value is -0.120. The first kappa shape index (κ1) is 12.9. The van der Waals surface area contributed by atoms with E-state index in [0.717, 1.165) is 23.9 Å². The van der Waals surface area contributed by atoms with Crippen molar-refractivity contribution in [3.8, 4) is 0 Å². The Balaban J connectivity index is 1.49. The molecule has 3 aliphatic rings. The van der Waals surface area contributed by atoms with Crippen molar-refractivity contribution in [2.45, 2.75) is 45.2 Å². The Morgan fingerprint density at radius 2 is 1.56 bits per heavy atom. The summed E-state index contributed by atoms with van der Waals surface area (Å²) in [6.45, 7) is 12.5. The summed E-state index contributed by atoms with van der Waals surface area (Å²) < 4.78 is 0. The van der Waals surface area contributed by atoms with Gasteiger partial charge in [0.15, 0.2) is 0 Å². The lowest BCUT2D eigenvalue weighted by atomic mass is 9.79. The maximum atomic E-state index is 3.39. The summed E-state index contributed by atoms with van der Waals surface area (Å²) in [7, 11) is 0. The molecule has 3 heteroatoms. The highest BCUT2D eigenvalue weighted by Crippen LogP contribution is 2.32. The van der Waals surface area contributed by atoms with Gasteiger partial charge in [0.1, 0.15) is 0 Å². The average Bonchev–Trinajstić information content (AvgIpc) is 2.28. The molecular weight excluding hydrogens is 222 g/mol. The van der Waals surface area contributed by atoms with E-state index in [1.54, 1.807) is 0 Å². The summed E-state index contributed by atoms with van der Waals surface area (Å²) in [6.07, 6.45) is 4.33. The van der Waals surface area contributed by atoms with Crippen molar-refractivity contribution in [2.75, 3.05) is 39.3 Å². The van der Waals surface area contributed by atoms with E-state index in [1.165, 1.54) is 58.5 Å². The molecule has 2 aliphatic heterocycles. The molecule has 1 saturated carbocycles. The molecule has 1 N–H and O–H groups in total. The summed E-state index contributed by atoms with van der Waals surface area (Å²) in [6, 6.07) is 1.72. The van der Waals surface area contributed by atoms with Crippen LogP contribution < -0.4 is 5.32 Å². The predicted molar refractivity (Wildman–Crippen MR) is 75.8 cm³/mol. The van der Waals surface area contributed by atoms with Gasteiger partial charge < -0.3 is 5.32 Å². The molecule has 2 heterocycles. The van der Waals surface area contributed by atoms with Gasteiger partial charge in [0.2, 0.25) is 0 Å². The maximum absolute atomic E-state index is 3.39. The largest absolute Gasteiger partial charge is 0.314 e. The molecule has 18 heavy (non-hydrogen) atoms. The zero-order valence-electron chi connectivity index (χ0n) is 12.1. The number of nitrogens with one attached hydrogen (secondary N) is 1. The van der Waals surface area contributed by atoms with Crippen molar-refractivity contribution in [3.05, 3.63) is 0 Å². The molecule has 3 atom stereocenters. The van der Waals surface area contributed by atoms with Gasteiger partial charge in [-0.15, -0.1) is 0 Å². The first-order chi connectivity index (χ1) is 8.74. The number of rotatable bonds is 2. The Bertz CT molecular complexity index is 269. The first-order valence-corrected chi connectivity index (χ1v) is 7.93. The van der Waals surface area contributed by atoms with E-state index in [1.807, 2.05) is 0 Å². The fourth-order valence-corrected chi connectivity index (χ4v) is 4.16. The van der Waals surface area contributed by atoms with Gasteiger partial charge in [0.25, 0.3) is 0 Å². The monoisotopic (exact) mass is 251 g/mol. The third-order valence-corrected chi connectivity index (χ3v) is 5.48. The van der Waals surface area contributed by atoms with Crippen molar-refractivity contribution in [1.82, 2.24) is 15.1 Å². The smallest absolute Gasteiger partial charge is 0.0346 e. The van der Waals surface area contributed by atoms with E-state index < -0.39 is 0 Å². The normalized spacial score (nSPS) is 40.7.